The highest BCUT2D eigenvalue weighted by atomic mass is 32.2. The van der Waals surface area contributed by atoms with Gasteiger partial charge in [-0.2, -0.15) is 4.31 Å². The van der Waals surface area contributed by atoms with E-state index in [9.17, 15) is 18.0 Å². The highest BCUT2D eigenvalue weighted by molar-refractivity contribution is 7.89. The predicted octanol–water partition coefficient (Wildman–Crippen LogP) is 1.83. The van der Waals surface area contributed by atoms with Gasteiger partial charge in [0.25, 0.3) is 0 Å². The molecule has 0 spiro atoms. The van der Waals surface area contributed by atoms with Crippen LogP contribution < -0.4 is 0 Å². The van der Waals surface area contributed by atoms with Gasteiger partial charge < -0.3 is 9.47 Å². The second kappa shape index (κ2) is 8.44. The third-order valence-corrected chi connectivity index (χ3v) is 5.89. The lowest BCUT2D eigenvalue weighted by Crippen LogP contribution is -2.42. The van der Waals surface area contributed by atoms with Crippen LogP contribution in [0.4, 0.5) is 0 Å². The van der Waals surface area contributed by atoms with E-state index in [1.165, 1.54) is 28.6 Å². The van der Waals surface area contributed by atoms with Gasteiger partial charge in [0, 0.05) is 13.1 Å². The number of benzene rings is 1. The molecular weight excluding hydrogens is 346 g/mol. The fourth-order valence-corrected chi connectivity index (χ4v) is 4.26. The van der Waals surface area contributed by atoms with Gasteiger partial charge in [-0.25, -0.2) is 13.2 Å². The molecule has 1 aliphatic heterocycles. The van der Waals surface area contributed by atoms with E-state index in [-0.39, 0.29) is 30.6 Å². The van der Waals surface area contributed by atoms with Gasteiger partial charge in [-0.15, -0.1) is 0 Å². The maximum atomic E-state index is 12.8. The van der Waals surface area contributed by atoms with Crippen LogP contribution in [0.25, 0.3) is 0 Å². The second-order valence-electron chi connectivity index (χ2n) is 5.70. The normalized spacial score (nSPS) is 18.6. The standard InChI is InChI=1S/C17H23NO6S/c1-3-23-16(19)13-7-9-15(10-8-13)25(21,22)18-11-5-6-14(12-18)17(20)24-4-2/h7-10,14H,3-6,11-12H2,1-2H3/t14-/m1/s1. The molecule has 0 saturated carbocycles. The van der Waals surface area contributed by atoms with Crippen LogP contribution in [0, 0.1) is 5.92 Å². The third-order valence-electron chi connectivity index (χ3n) is 4.01. The fourth-order valence-electron chi connectivity index (χ4n) is 2.74. The number of carbonyl (C=O) groups is 2. The molecule has 1 atom stereocenters. The van der Waals surface area contributed by atoms with Crippen molar-refractivity contribution >= 4 is 22.0 Å². The zero-order valence-corrected chi connectivity index (χ0v) is 15.3. The van der Waals surface area contributed by atoms with Crippen molar-refractivity contribution in [1.29, 1.82) is 0 Å². The van der Waals surface area contributed by atoms with Crippen molar-refractivity contribution in [1.82, 2.24) is 4.31 Å². The second-order valence-corrected chi connectivity index (χ2v) is 7.64. The van der Waals surface area contributed by atoms with E-state index >= 15 is 0 Å². The Balaban J connectivity index is 2.14. The molecule has 1 aliphatic rings. The highest BCUT2D eigenvalue weighted by Gasteiger charge is 2.34. The van der Waals surface area contributed by atoms with Crippen LogP contribution >= 0.6 is 0 Å². The first-order valence-corrected chi connectivity index (χ1v) is 9.78. The molecule has 0 radical (unpaired) electrons. The van der Waals surface area contributed by atoms with Gasteiger partial charge in [0.05, 0.1) is 29.6 Å². The number of hydrogen-bond donors (Lipinski definition) is 0. The molecular formula is C17H23NO6S. The minimum Gasteiger partial charge on any atom is -0.466 e. The molecule has 0 N–H and O–H groups in total. The zero-order valence-electron chi connectivity index (χ0n) is 14.4. The average molecular weight is 369 g/mol. The van der Waals surface area contributed by atoms with Crippen molar-refractivity contribution in [2.75, 3.05) is 26.3 Å². The topological polar surface area (TPSA) is 90.0 Å². The lowest BCUT2D eigenvalue weighted by Gasteiger charge is -2.30. The van der Waals surface area contributed by atoms with E-state index in [0.717, 1.165) is 0 Å². The maximum Gasteiger partial charge on any atom is 0.338 e. The Bertz CT molecular complexity index is 713. The van der Waals surface area contributed by atoms with Crippen LogP contribution in [0.1, 0.15) is 37.0 Å². The van der Waals surface area contributed by atoms with Crippen LogP contribution in [0.3, 0.4) is 0 Å². The van der Waals surface area contributed by atoms with Gasteiger partial charge in [-0.1, -0.05) is 0 Å². The first-order chi connectivity index (χ1) is 11.9. The van der Waals surface area contributed by atoms with Crippen molar-refractivity contribution in [3.05, 3.63) is 29.8 Å². The first-order valence-electron chi connectivity index (χ1n) is 8.34. The summed E-state index contributed by atoms with van der Waals surface area (Å²) >= 11 is 0. The summed E-state index contributed by atoms with van der Waals surface area (Å²) in [6, 6.07) is 5.63. The van der Waals surface area contributed by atoms with Crippen molar-refractivity contribution in [3.8, 4) is 0 Å². The van der Waals surface area contributed by atoms with E-state index in [1.807, 2.05) is 0 Å². The Morgan fingerprint density at radius 1 is 1.12 bits per heavy atom. The van der Waals surface area contributed by atoms with Gasteiger partial charge in [-0.3, -0.25) is 4.79 Å². The molecule has 1 saturated heterocycles. The zero-order chi connectivity index (χ0) is 18.4. The minimum absolute atomic E-state index is 0.0880. The van der Waals surface area contributed by atoms with Crippen LogP contribution in [-0.4, -0.2) is 51.0 Å². The van der Waals surface area contributed by atoms with Crippen molar-refractivity contribution in [2.45, 2.75) is 31.6 Å². The Labute approximate surface area is 148 Å². The summed E-state index contributed by atoms with van der Waals surface area (Å²) in [5, 5.41) is 0. The molecule has 1 fully saturated rings. The predicted molar refractivity (Wildman–Crippen MR) is 90.5 cm³/mol. The highest BCUT2D eigenvalue weighted by Crippen LogP contribution is 2.25. The molecule has 138 valence electrons. The quantitative estimate of drug-likeness (QED) is 0.711. The number of rotatable bonds is 6. The summed E-state index contributed by atoms with van der Waals surface area (Å²) in [4.78, 5) is 23.6. The van der Waals surface area contributed by atoms with Crippen molar-refractivity contribution in [3.63, 3.8) is 0 Å². The van der Waals surface area contributed by atoms with E-state index in [2.05, 4.69) is 0 Å². The molecule has 8 heteroatoms. The number of sulfonamides is 1. The molecule has 0 aliphatic carbocycles. The van der Waals surface area contributed by atoms with E-state index in [1.54, 1.807) is 13.8 Å². The Kier molecular flexibility index (Phi) is 6.55. The van der Waals surface area contributed by atoms with E-state index in [4.69, 9.17) is 9.47 Å². The summed E-state index contributed by atoms with van der Waals surface area (Å²) in [5.41, 5.74) is 0.295. The van der Waals surface area contributed by atoms with Gasteiger partial charge >= 0.3 is 11.9 Å². The molecule has 25 heavy (non-hydrogen) atoms. The van der Waals surface area contributed by atoms with Crippen molar-refractivity contribution in [2.24, 2.45) is 5.92 Å². The smallest absolute Gasteiger partial charge is 0.338 e. The number of hydrogen-bond acceptors (Lipinski definition) is 6. The Morgan fingerprint density at radius 2 is 1.76 bits per heavy atom. The largest absolute Gasteiger partial charge is 0.466 e. The minimum atomic E-state index is -3.72. The summed E-state index contributed by atoms with van der Waals surface area (Å²) in [5.74, 6) is -1.30. The number of nitrogens with zero attached hydrogens (tertiary/aromatic N) is 1. The van der Waals surface area contributed by atoms with Crippen LogP contribution in [0.5, 0.6) is 0 Å². The molecule has 1 heterocycles. The first kappa shape index (κ1) is 19.4. The third kappa shape index (κ3) is 4.58. The number of piperidine rings is 1. The molecule has 0 unspecified atom stereocenters. The number of carbonyl (C=O) groups excluding carboxylic acids is 2. The van der Waals surface area contributed by atoms with Crippen LogP contribution in [0.2, 0.25) is 0 Å². The molecule has 0 aromatic heterocycles. The molecule has 7 nitrogen and oxygen atoms in total. The fraction of sp³-hybridized carbons (Fsp3) is 0.529. The molecule has 2 rings (SSSR count). The van der Waals surface area contributed by atoms with Crippen LogP contribution in [0.15, 0.2) is 29.2 Å². The van der Waals surface area contributed by atoms with E-state index in [0.29, 0.717) is 24.9 Å². The van der Waals surface area contributed by atoms with E-state index < -0.39 is 21.9 Å². The Hall–Kier alpha value is -1.93. The van der Waals surface area contributed by atoms with Crippen LogP contribution in [-0.2, 0) is 24.3 Å². The lowest BCUT2D eigenvalue weighted by atomic mass is 10.0. The summed E-state index contributed by atoms with van der Waals surface area (Å²) in [7, 11) is -3.72. The lowest BCUT2D eigenvalue weighted by molar-refractivity contribution is -0.149. The number of ether oxygens (including phenoxy) is 2. The molecule has 0 amide bonds. The summed E-state index contributed by atoms with van der Waals surface area (Å²) in [6.07, 6.45) is 1.22. The van der Waals surface area contributed by atoms with Crippen molar-refractivity contribution < 1.29 is 27.5 Å². The number of esters is 2. The molecule has 1 aromatic carbocycles. The van der Waals surface area contributed by atoms with Gasteiger partial charge in [-0.05, 0) is 51.0 Å². The molecule has 1 aromatic rings. The summed E-state index contributed by atoms with van der Waals surface area (Å²) < 4.78 is 36.7. The van der Waals surface area contributed by atoms with Gasteiger partial charge in [0.1, 0.15) is 0 Å². The monoisotopic (exact) mass is 369 g/mol. The van der Waals surface area contributed by atoms with Gasteiger partial charge in [0.2, 0.25) is 10.0 Å². The van der Waals surface area contributed by atoms with Gasteiger partial charge in [0.15, 0.2) is 0 Å². The summed E-state index contributed by atoms with van der Waals surface area (Å²) in [6.45, 7) is 4.42. The SMILES string of the molecule is CCOC(=O)c1ccc(S(=O)(=O)N2CCC[C@@H](C(=O)OCC)C2)cc1. The maximum absolute atomic E-state index is 12.8. The average Bonchev–Trinajstić information content (AvgIpc) is 2.62. The Morgan fingerprint density at radius 3 is 2.36 bits per heavy atom. The molecule has 0 bridgehead atoms.